The molecule has 0 atom stereocenters. The van der Waals surface area contributed by atoms with Crippen molar-refractivity contribution in [1.82, 2.24) is 0 Å². The van der Waals surface area contributed by atoms with Gasteiger partial charge in [-0.2, -0.15) is 0 Å². The van der Waals surface area contributed by atoms with E-state index >= 15 is 0 Å². The van der Waals surface area contributed by atoms with Crippen LogP contribution in [0.5, 0.6) is 5.75 Å². The molecule has 0 saturated carbocycles. The van der Waals surface area contributed by atoms with Gasteiger partial charge in [0.15, 0.2) is 0 Å². The molecule has 0 N–H and O–H groups in total. The van der Waals surface area contributed by atoms with Gasteiger partial charge in [-0.15, -0.1) is 0 Å². The van der Waals surface area contributed by atoms with Crippen LogP contribution in [0.3, 0.4) is 0 Å². The lowest BCUT2D eigenvalue weighted by molar-refractivity contribution is -0.148. The molecule has 0 aliphatic heterocycles. The number of hydrogen-bond acceptors (Lipinski definition) is 4. The first kappa shape index (κ1) is 16.2. The second kappa shape index (κ2) is 8.35. The number of benzene rings is 1. The van der Waals surface area contributed by atoms with Crippen molar-refractivity contribution in [1.29, 1.82) is 0 Å². The zero-order chi connectivity index (χ0) is 15.0. The van der Waals surface area contributed by atoms with Crippen LogP contribution in [0.25, 0.3) is 0 Å². The number of esters is 2. The van der Waals surface area contributed by atoms with Gasteiger partial charge in [0.2, 0.25) is 0 Å². The van der Waals surface area contributed by atoms with Crippen LogP contribution < -0.4 is 4.74 Å². The van der Waals surface area contributed by atoms with Crippen molar-refractivity contribution >= 4 is 11.9 Å². The second-order valence-corrected chi connectivity index (χ2v) is 4.98. The van der Waals surface area contributed by atoms with Crippen LogP contribution in [0, 0.1) is 5.92 Å². The molecule has 1 aromatic rings. The molecule has 0 heterocycles. The predicted octanol–water partition coefficient (Wildman–Crippen LogP) is 3.48. The molecular formula is C16H22O4. The summed E-state index contributed by atoms with van der Waals surface area (Å²) < 4.78 is 10.3. The first-order valence-electron chi connectivity index (χ1n) is 6.99. The van der Waals surface area contributed by atoms with Crippen molar-refractivity contribution in [3.05, 3.63) is 29.8 Å². The van der Waals surface area contributed by atoms with Gasteiger partial charge < -0.3 is 9.47 Å². The average molecular weight is 278 g/mol. The zero-order valence-corrected chi connectivity index (χ0v) is 12.3. The molecule has 0 bridgehead atoms. The molecule has 0 aliphatic rings. The van der Waals surface area contributed by atoms with Crippen molar-refractivity contribution in [3.63, 3.8) is 0 Å². The number of hydrogen-bond donors (Lipinski definition) is 0. The fourth-order valence-electron chi connectivity index (χ4n) is 1.48. The van der Waals surface area contributed by atoms with Crippen LogP contribution in [0.15, 0.2) is 24.3 Å². The summed E-state index contributed by atoms with van der Waals surface area (Å²) in [7, 11) is 0. The summed E-state index contributed by atoms with van der Waals surface area (Å²) in [5.41, 5.74) is 0.868. The monoisotopic (exact) mass is 278 g/mol. The molecule has 0 radical (unpaired) electrons. The van der Waals surface area contributed by atoms with Gasteiger partial charge in [0.1, 0.15) is 12.4 Å². The second-order valence-electron chi connectivity index (χ2n) is 4.98. The molecule has 4 heteroatoms. The van der Waals surface area contributed by atoms with Gasteiger partial charge in [0.25, 0.3) is 0 Å². The van der Waals surface area contributed by atoms with E-state index in [2.05, 4.69) is 0 Å². The van der Waals surface area contributed by atoms with Gasteiger partial charge >= 0.3 is 11.9 Å². The van der Waals surface area contributed by atoms with Gasteiger partial charge in [-0.1, -0.05) is 39.3 Å². The van der Waals surface area contributed by atoms with Crippen LogP contribution >= 0.6 is 0 Å². The van der Waals surface area contributed by atoms with E-state index in [-0.39, 0.29) is 24.5 Å². The Labute approximate surface area is 120 Å². The Morgan fingerprint density at radius 1 is 1.15 bits per heavy atom. The first-order valence-corrected chi connectivity index (χ1v) is 6.99. The fraction of sp³-hybridized carbons (Fsp3) is 0.500. The van der Waals surface area contributed by atoms with Crippen molar-refractivity contribution < 1.29 is 19.1 Å². The highest BCUT2D eigenvalue weighted by Crippen LogP contribution is 2.14. The van der Waals surface area contributed by atoms with E-state index in [1.54, 1.807) is 38.1 Å². The van der Waals surface area contributed by atoms with E-state index in [9.17, 15) is 9.59 Å². The Morgan fingerprint density at radius 3 is 2.35 bits per heavy atom. The largest absolute Gasteiger partial charge is 0.461 e. The van der Waals surface area contributed by atoms with E-state index in [0.29, 0.717) is 12.2 Å². The summed E-state index contributed by atoms with van der Waals surface area (Å²) in [6, 6.07) is 7.00. The Bertz CT molecular complexity index is 434. The molecule has 0 aromatic heterocycles. The van der Waals surface area contributed by atoms with E-state index < -0.39 is 0 Å². The SMILES string of the molecule is CCCCC(=O)Oc1ccc(COC(=O)C(C)C)cc1. The first-order chi connectivity index (χ1) is 9.52. The maximum absolute atomic E-state index is 11.5. The lowest BCUT2D eigenvalue weighted by atomic mass is 10.2. The van der Waals surface area contributed by atoms with Crippen LogP contribution in [-0.2, 0) is 20.9 Å². The molecular weight excluding hydrogens is 256 g/mol. The lowest BCUT2D eigenvalue weighted by Gasteiger charge is -2.08. The van der Waals surface area contributed by atoms with Gasteiger partial charge in [-0.3, -0.25) is 9.59 Å². The molecule has 0 aliphatic carbocycles. The molecule has 0 saturated heterocycles. The minimum Gasteiger partial charge on any atom is -0.461 e. The van der Waals surface area contributed by atoms with E-state index in [4.69, 9.17) is 9.47 Å². The minimum absolute atomic E-state index is 0.131. The van der Waals surface area contributed by atoms with Crippen molar-refractivity contribution in [2.75, 3.05) is 0 Å². The summed E-state index contributed by atoms with van der Waals surface area (Å²) in [6.07, 6.45) is 2.24. The topological polar surface area (TPSA) is 52.6 Å². The highest BCUT2D eigenvalue weighted by molar-refractivity contribution is 5.72. The Morgan fingerprint density at radius 2 is 1.80 bits per heavy atom. The minimum atomic E-state index is -0.222. The summed E-state index contributed by atoms with van der Waals surface area (Å²) in [4.78, 5) is 22.8. The normalized spacial score (nSPS) is 10.4. The smallest absolute Gasteiger partial charge is 0.311 e. The van der Waals surface area contributed by atoms with E-state index in [1.165, 1.54) is 0 Å². The van der Waals surface area contributed by atoms with Gasteiger partial charge in [-0.25, -0.2) is 0 Å². The third-order valence-corrected chi connectivity index (χ3v) is 2.74. The van der Waals surface area contributed by atoms with Crippen molar-refractivity contribution in [2.24, 2.45) is 5.92 Å². The van der Waals surface area contributed by atoms with Crippen LogP contribution in [0.1, 0.15) is 45.6 Å². The Hall–Kier alpha value is -1.84. The fourth-order valence-corrected chi connectivity index (χ4v) is 1.48. The maximum Gasteiger partial charge on any atom is 0.311 e. The molecule has 0 spiro atoms. The standard InChI is InChI=1S/C16H22O4/c1-4-5-6-15(17)20-14-9-7-13(8-10-14)11-19-16(18)12(2)3/h7-10,12H,4-6,11H2,1-3H3. The number of rotatable bonds is 7. The number of ether oxygens (including phenoxy) is 2. The molecule has 0 fully saturated rings. The molecule has 1 rings (SSSR count). The highest BCUT2D eigenvalue weighted by Gasteiger charge is 2.08. The van der Waals surface area contributed by atoms with Crippen LogP contribution in [0.4, 0.5) is 0 Å². The highest BCUT2D eigenvalue weighted by atomic mass is 16.5. The van der Waals surface area contributed by atoms with Crippen LogP contribution in [-0.4, -0.2) is 11.9 Å². The van der Waals surface area contributed by atoms with E-state index in [0.717, 1.165) is 18.4 Å². The third kappa shape index (κ3) is 5.87. The zero-order valence-electron chi connectivity index (χ0n) is 12.3. The summed E-state index contributed by atoms with van der Waals surface area (Å²) in [5, 5.41) is 0. The van der Waals surface area contributed by atoms with Crippen LogP contribution in [0.2, 0.25) is 0 Å². The lowest BCUT2D eigenvalue weighted by Crippen LogP contribution is -2.11. The molecule has 1 aromatic carbocycles. The van der Waals surface area contributed by atoms with E-state index in [1.807, 2.05) is 6.92 Å². The molecule has 0 unspecified atom stereocenters. The Balaban J connectivity index is 2.44. The Kier molecular flexibility index (Phi) is 6.77. The van der Waals surface area contributed by atoms with Crippen molar-refractivity contribution in [3.8, 4) is 5.75 Å². The number of carbonyl (C=O) groups is 2. The molecule has 110 valence electrons. The molecule has 0 amide bonds. The van der Waals surface area contributed by atoms with Gasteiger partial charge in [0, 0.05) is 6.42 Å². The number of carbonyl (C=O) groups excluding carboxylic acids is 2. The van der Waals surface area contributed by atoms with Crippen molar-refractivity contribution in [2.45, 2.75) is 46.6 Å². The maximum atomic E-state index is 11.5. The number of unbranched alkanes of at least 4 members (excludes halogenated alkanes) is 1. The molecule has 20 heavy (non-hydrogen) atoms. The summed E-state index contributed by atoms with van der Waals surface area (Å²) in [5.74, 6) is -0.0512. The van der Waals surface area contributed by atoms with Gasteiger partial charge in [-0.05, 0) is 24.1 Å². The van der Waals surface area contributed by atoms with Gasteiger partial charge in [0.05, 0.1) is 5.92 Å². The summed E-state index contributed by atoms with van der Waals surface area (Å²) >= 11 is 0. The quantitative estimate of drug-likeness (QED) is 0.566. The summed E-state index contributed by atoms with van der Waals surface area (Å²) in [6.45, 7) is 5.85. The average Bonchev–Trinajstić information content (AvgIpc) is 2.43. The molecule has 4 nitrogen and oxygen atoms in total. The third-order valence-electron chi connectivity index (χ3n) is 2.74. The predicted molar refractivity (Wildman–Crippen MR) is 76.2 cm³/mol.